The van der Waals surface area contributed by atoms with Gasteiger partial charge >= 0.3 is 21.6 Å². The summed E-state index contributed by atoms with van der Waals surface area (Å²) in [5.74, 6) is -1.17. The minimum Gasteiger partial charge on any atom is -0.481 e. The number of carbonyl (C=O) groups is 1. The van der Waals surface area contributed by atoms with E-state index in [0.29, 0.717) is 11.1 Å². The van der Waals surface area contributed by atoms with Crippen LogP contribution in [-0.2, 0) is 14.9 Å². The maximum absolute atomic E-state index is 12.7. The van der Waals surface area contributed by atoms with Crippen LogP contribution in [0.3, 0.4) is 0 Å². The van der Waals surface area contributed by atoms with E-state index in [2.05, 4.69) is 14.2 Å². The van der Waals surface area contributed by atoms with Crippen molar-refractivity contribution >= 4 is 27.0 Å². The summed E-state index contributed by atoms with van der Waals surface area (Å²) in [6.45, 7) is 1.69. The van der Waals surface area contributed by atoms with Gasteiger partial charge in [0.25, 0.3) is 0 Å². The van der Waals surface area contributed by atoms with Crippen LogP contribution < -0.4 is 8.92 Å². The zero-order chi connectivity index (χ0) is 22.1. The number of rotatable bonds is 6. The van der Waals surface area contributed by atoms with Crippen LogP contribution in [0.25, 0.3) is 22.0 Å². The summed E-state index contributed by atoms with van der Waals surface area (Å²) < 4.78 is 75.2. The maximum atomic E-state index is 12.7. The smallest absolute Gasteiger partial charge is 0.481 e. The van der Waals surface area contributed by atoms with Gasteiger partial charge in [-0.05, 0) is 37.3 Å². The van der Waals surface area contributed by atoms with E-state index in [1.807, 2.05) is 0 Å². The molecule has 30 heavy (non-hydrogen) atoms. The summed E-state index contributed by atoms with van der Waals surface area (Å²) >= 11 is 0. The molecule has 0 saturated carbocycles. The zero-order valence-corrected chi connectivity index (χ0v) is 16.4. The van der Waals surface area contributed by atoms with Crippen LogP contribution in [0, 0.1) is 0 Å². The molecule has 0 aliphatic carbocycles. The lowest BCUT2D eigenvalue weighted by atomic mass is 10.0. The molecule has 2 aromatic heterocycles. The molecule has 1 N–H and O–H groups in total. The van der Waals surface area contributed by atoms with Gasteiger partial charge < -0.3 is 18.6 Å². The number of methoxy groups -OCH3 is 1. The van der Waals surface area contributed by atoms with Gasteiger partial charge in [0, 0.05) is 28.2 Å². The number of benzene rings is 1. The number of aromatic amines is 1. The van der Waals surface area contributed by atoms with Crippen LogP contribution in [0.2, 0.25) is 0 Å². The molecule has 0 amide bonds. The minimum absolute atomic E-state index is 0.00558. The Morgan fingerprint density at radius 2 is 1.97 bits per heavy atom. The fourth-order valence-electron chi connectivity index (χ4n) is 2.78. The predicted molar refractivity (Wildman–Crippen MR) is 99.6 cm³/mol. The lowest BCUT2D eigenvalue weighted by molar-refractivity contribution is -0.0500. The van der Waals surface area contributed by atoms with E-state index < -0.39 is 27.3 Å². The van der Waals surface area contributed by atoms with Crippen LogP contribution in [-0.4, -0.2) is 43.6 Å². The summed E-state index contributed by atoms with van der Waals surface area (Å²) in [6.07, 6.45) is 1.45. The van der Waals surface area contributed by atoms with Crippen molar-refractivity contribution < 1.29 is 40.0 Å². The molecule has 0 spiro atoms. The third-order valence-electron chi connectivity index (χ3n) is 3.97. The molecule has 160 valence electrons. The molecule has 0 saturated heterocycles. The highest BCUT2D eigenvalue weighted by atomic mass is 32.2. The van der Waals surface area contributed by atoms with E-state index in [4.69, 9.17) is 9.47 Å². The minimum atomic E-state index is -5.87. The van der Waals surface area contributed by atoms with Crippen molar-refractivity contribution in [2.45, 2.75) is 12.4 Å². The maximum Gasteiger partial charge on any atom is 0.534 e. The van der Waals surface area contributed by atoms with Gasteiger partial charge in [-0.2, -0.15) is 21.6 Å². The molecule has 0 fully saturated rings. The van der Waals surface area contributed by atoms with Crippen molar-refractivity contribution in [1.82, 2.24) is 9.97 Å². The van der Waals surface area contributed by atoms with Crippen molar-refractivity contribution in [2.24, 2.45) is 0 Å². The Kier molecular flexibility index (Phi) is 5.61. The molecule has 3 rings (SSSR count). The lowest BCUT2D eigenvalue weighted by Crippen LogP contribution is -2.28. The van der Waals surface area contributed by atoms with Gasteiger partial charge in [0.1, 0.15) is 11.4 Å². The first-order valence-electron chi connectivity index (χ1n) is 8.42. The van der Waals surface area contributed by atoms with E-state index in [1.165, 1.54) is 19.4 Å². The molecule has 8 nitrogen and oxygen atoms in total. The van der Waals surface area contributed by atoms with Gasteiger partial charge in [-0.1, -0.05) is 0 Å². The zero-order valence-electron chi connectivity index (χ0n) is 15.6. The van der Waals surface area contributed by atoms with Crippen LogP contribution >= 0.6 is 0 Å². The van der Waals surface area contributed by atoms with E-state index in [9.17, 15) is 26.4 Å². The molecule has 2 heterocycles. The molecule has 12 heteroatoms. The number of hydrogen-bond acceptors (Lipinski definition) is 7. The number of halogens is 3. The molecular weight excluding hydrogens is 429 g/mol. The van der Waals surface area contributed by atoms with Crippen LogP contribution in [0.4, 0.5) is 13.2 Å². The largest absolute Gasteiger partial charge is 0.534 e. The van der Waals surface area contributed by atoms with E-state index in [0.717, 1.165) is 12.1 Å². The predicted octanol–water partition coefficient (Wildman–Crippen LogP) is 3.64. The summed E-state index contributed by atoms with van der Waals surface area (Å²) in [5, 5.41) is 0.208. The standard InChI is InChI=1S/C18H15F3N2O6S/c1-3-28-17(24)15-14(11-5-4-8-22-16(11)27-2)12-9-10(6-7-13(12)23-15)29-30(25,26)18(19,20)21/h4-9,23H,3H2,1-2H3. The molecule has 0 unspecified atom stereocenters. The Balaban J connectivity index is 2.25. The number of pyridine rings is 1. The second kappa shape index (κ2) is 7.86. The number of alkyl halides is 3. The van der Waals surface area contributed by atoms with E-state index in [-0.39, 0.29) is 29.1 Å². The third kappa shape index (κ3) is 3.90. The molecule has 0 radical (unpaired) electrons. The average Bonchev–Trinajstić information content (AvgIpc) is 3.05. The Hall–Kier alpha value is -3.28. The summed E-state index contributed by atoms with van der Waals surface area (Å²) in [5.41, 5.74) is -4.72. The fourth-order valence-corrected chi connectivity index (χ4v) is 3.23. The average molecular weight is 444 g/mol. The van der Waals surface area contributed by atoms with Crippen molar-refractivity contribution in [2.75, 3.05) is 13.7 Å². The number of fused-ring (bicyclic) bond motifs is 1. The highest BCUT2D eigenvalue weighted by Crippen LogP contribution is 2.39. The number of ether oxygens (including phenoxy) is 2. The van der Waals surface area contributed by atoms with Crippen molar-refractivity contribution in [3.05, 3.63) is 42.2 Å². The number of esters is 1. The number of H-pyrrole nitrogens is 1. The van der Waals surface area contributed by atoms with Crippen molar-refractivity contribution in [1.29, 1.82) is 0 Å². The van der Waals surface area contributed by atoms with Gasteiger partial charge in [-0.3, -0.25) is 0 Å². The van der Waals surface area contributed by atoms with Crippen molar-refractivity contribution in [3.63, 3.8) is 0 Å². The second-order valence-corrected chi connectivity index (χ2v) is 7.38. The van der Waals surface area contributed by atoms with Crippen LogP contribution in [0.15, 0.2) is 36.5 Å². The molecule has 0 bridgehead atoms. The lowest BCUT2D eigenvalue weighted by Gasteiger charge is -2.10. The molecule has 0 atom stereocenters. The van der Waals surface area contributed by atoms with Gasteiger partial charge in [0.2, 0.25) is 5.88 Å². The second-order valence-electron chi connectivity index (χ2n) is 5.85. The number of carbonyl (C=O) groups excluding carboxylic acids is 1. The number of aromatic nitrogens is 2. The molecule has 1 aromatic carbocycles. The fraction of sp³-hybridized carbons (Fsp3) is 0.222. The molecular formula is C18H15F3N2O6S. The topological polar surface area (TPSA) is 108 Å². The van der Waals surface area contributed by atoms with Gasteiger partial charge in [0.15, 0.2) is 0 Å². The molecule has 3 aromatic rings. The Morgan fingerprint density at radius 1 is 1.23 bits per heavy atom. The Morgan fingerprint density at radius 3 is 2.60 bits per heavy atom. The Labute approximate surface area is 168 Å². The van der Waals surface area contributed by atoms with Gasteiger partial charge in [-0.25, -0.2) is 9.78 Å². The first kappa shape index (κ1) is 21.4. The molecule has 0 aliphatic heterocycles. The summed E-state index contributed by atoms with van der Waals surface area (Å²) in [7, 11) is -4.51. The van der Waals surface area contributed by atoms with E-state index in [1.54, 1.807) is 19.1 Å². The number of nitrogens with one attached hydrogen (secondary N) is 1. The monoisotopic (exact) mass is 444 g/mol. The summed E-state index contributed by atoms with van der Waals surface area (Å²) in [6, 6.07) is 6.53. The highest BCUT2D eigenvalue weighted by molar-refractivity contribution is 7.88. The quantitative estimate of drug-likeness (QED) is 0.351. The van der Waals surface area contributed by atoms with Gasteiger partial charge in [-0.15, -0.1) is 0 Å². The Bertz CT molecular complexity index is 1200. The number of nitrogens with zero attached hydrogens (tertiary/aromatic N) is 1. The highest BCUT2D eigenvalue weighted by Gasteiger charge is 2.48. The van der Waals surface area contributed by atoms with E-state index >= 15 is 0 Å². The van der Waals surface area contributed by atoms with Crippen LogP contribution in [0.5, 0.6) is 11.6 Å². The first-order valence-corrected chi connectivity index (χ1v) is 9.83. The van der Waals surface area contributed by atoms with Crippen molar-refractivity contribution in [3.8, 4) is 22.8 Å². The van der Waals surface area contributed by atoms with Crippen LogP contribution in [0.1, 0.15) is 17.4 Å². The summed E-state index contributed by atoms with van der Waals surface area (Å²) in [4.78, 5) is 19.4. The first-order chi connectivity index (χ1) is 14.1. The third-order valence-corrected chi connectivity index (χ3v) is 4.95. The normalized spacial score (nSPS) is 12.0. The SMILES string of the molecule is CCOC(=O)c1[nH]c2ccc(OS(=O)(=O)C(F)(F)F)cc2c1-c1cccnc1OC. The number of hydrogen-bond donors (Lipinski definition) is 1. The molecule has 0 aliphatic rings. The van der Waals surface area contributed by atoms with Gasteiger partial charge in [0.05, 0.1) is 13.7 Å².